The standard InChI is InChI=1S/C10H20N2O/c1-8-7-12(10(2,3)4)9(13)5-6-11-8/h8,11H,5-7H2,1-4H3. The number of amides is 1. The fourth-order valence-electron chi connectivity index (χ4n) is 1.65. The summed E-state index contributed by atoms with van der Waals surface area (Å²) >= 11 is 0. The van der Waals surface area contributed by atoms with Crippen LogP contribution in [0, 0.1) is 0 Å². The molecule has 1 amide bonds. The summed E-state index contributed by atoms with van der Waals surface area (Å²) in [6.45, 7) is 10.0. The lowest BCUT2D eigenvalue weighted by Gasteiger charge is -2.36. The van der Waals surface area contributed by atoms with Gasteiger partial charge in [-0.05, 0) is 27.7 Å². The summed E-state index contributed by atoms with van der Waals surface area (Å²) < 4.78 is 0. The Morgan fingerprint density at radius 3 is 2.62 bits per heavy atom. The van der Waals surface area contributed by atoms with E-state index in [4.69, 9.17) is 0 Å². The Labute approximate surface area is 80.5 Å². The lowest BCUT2D eigenvalue weighted by molar-refractivity contribution is -0.135. The molecule has 1 aliphatic rings. The van der Waals surface area contributed by atoms with Gasteiger partial charge in [-0.3, -0.25) is 4.79 Å². The normalized spacial score (nSPS) is 26.0. The largest absolute Gasteiger partial charge is 0.336 e. The van der Waals surface area contributed by atoms with Gasteiger partial charge in [0, 0.05) is 31.1 Å². The predicted octanol–water partition coefficient (Wildman–Crippen LogP) is 0.995. The molecule has 1 atom stereocenters. The van der Waals surface area contributed by atoms with E-state index in [2.05, 4.69) is 33.0 Å². The van der Waals surface area contributed by atoms with Gasteiger partial charge < -0.3 is 10.2 Å². The van der Waals surface area contributed by atoms with Crippen molar-refractivity contribution in [3.63, 3.8) is 0 Å². The first-order valence-corrected chi connectivity index (χ1v) is 4.95. The first-order valence-electron chi connectivity index (χ1n) is 4.95. The number of carbonyl (C=O) groups is 1. The minimum atomic E-state index is -0.0443. The Kier molecular flexibility index (Phi) is 2.96. The number of hydrogen-bond donors (Lipinski definition) is 1. The van der Waals surface area contributed by atoms with Crippen molar-refractivity contribution in [1.82, 2.24) is 10.2 Å². The van der Waals surface area contributed by atoms with Crippen LogP contribution in [0.2, 0.25) is 0 Å². The van der Waals surface area contributed by atoms with Crippen LogP contribution in [0.15, 0.2) is 0 Å². The highest BCUT2D eigenvalue weighted by Gasteiger charge is 2.29. The fraction of sp³-hybridized carbons (Fsp3) is 0.900. The molecule has 0 aromatic heterocycles. The summed E-state index contributed by atoms with van der Waals surface area (Å²) in [5.41, 5.74) is -0.0443. The molecule has 0 aromatic rings. The summed E-state index contributed by atoms with van der Waals surface area (Å²) in [6.07, 6.45) is 0.627. The Bertz CT molecular complexity index is 196. The molecule has 3 heteroatoms. The van der Waals surface area contributed by atoms with Crippen molar-refractivity contribution in [3.8, 4) is 0 Å². The van der Waals surface area contributed by atoms with Gasteiger partial charge in [-0.2, -0.15) is 0 Å². The lowest BCUT2D eigenvalue weighted by Crippen LogP contribution is -2.48. The minimum Gasteiger partial charge on any atom is -0.336 e. The zero-order chi connectivity index (χ0) is 10.1. The number of hydrogen-bond acceptors (Lipinski definition) is 2. The second-order valence-corrected chi connectivity index (χ2v) is 4.78. The molecule has 1 unspecified atom stereocenters. The third-order valence-electron chi connectivity index (χ3n) is 2.40. The molecule has 1 fully saturated rings. The van der Waals surface area contributed by atoms with E-state index in [1.54, 1.807) is 0 Å². The molecule has 1 saturated heterocycles. The van der Waals surface area contributed by atoms with Gasteiger partial charge in [-0.1, -0.05) is 0 Å². The number of nitrogens with zero attached hydrogens (tertiary/aromatic N) is 1. The Morgan fingerprint density at radius 2 is 2.08 bits per heavy atom. The molecule has 1 N–H and O–H groups in total. The fourth-order valence-corrected chi connectivity index (χ4v) is 1.65. The summed E-state index contributed by atoms with van der Waals surface area (Å²) in [6, 6.07) is 0.408. The van der Waals surface area contributed by atoms with E-state index in [-0.39, 0.29) is 11.4 Å². The van der Waals surface area contributed by atoms with Gasteiger partial charge in [0.25, 0.3) is 0 Å². The van der Waals surface area contributed by atoms with Gasteiger partial charge in [0.2, 0.25) is 5.91 Å². The first-order chi connectivity index (χ1) is 5.91. The summed E-state index contributed by atoms with van der Waals surface area (Å²) in [5.74, 6) is 0.268. The van der Waals surface area contributed by atoms with Crippen molar-refractivity contribution in [2.24, 2.45) is 0 Å². The van der Waals surface area contributed by atoms with Gasteiger partial charge in [-0.25, -0.2) is 0 Å². The molecule has 0 spiro atoms. The van der Waals surface area contributed by atoms with E-state index < -0.39 is 0 Å². The van der Waals surface area contributed by atoms with E-state index in [1.165, 1.54) is 0 Å². The Morgan fingerprint density at radius 1 is 1.46 bits per heavy atom. The Hall–Kier alpha value is -0.570. The van der Waals surface area contributed by atoms with E-state index >= 15 is 0 Å². The monoisotopic (exact) mass is 184 g/mol. The van der Waals surface area contributed by atoms with E-state index in [0.717, 1.165) is 13.1 Å². The Balaban J connectivity index is 2.73. The van der Waals surface area contributed by atoms with Crippen LogP contribution >= 0.6 is 0 Å². The maximum atomic E-state index is 11.7. The predicted molar refractivity (Wildman–Crippen MR) is 53.5 cm³/mol. The molecular weight excluding hydrogens is 164 g/mol. The number of nitrogens with one attached hydrogen (secondary N) is 1. The van der Waals surface area contributed by atoms with E-state index in [1.807, 2.05) is 4.90 Å². The third kappa shape index (κ3) is 2.69. The second kappa shape index (κ2) is 3.66. The van der Waals surface area contributed by atoms with E-state index in [0.29, 0.717) is 12.5 Å². The molecule has 0 aliphatic carbocycles. The van der Waals surface area contributed by atoms with Gasteiger partial charge in [0.05, 0.1) is 0 Å². The van der Waals surface area contributed by atoms with Crippen molar-refractivity contribution in [2.45, 2.75) is 45.7 Å². The molecule has 1 heterocycles. The van der Waals surface area contributed by atoms with Crippen LogP contribution in [0.25, 0.3) is 0 Å². The summed E-state index contributed by atoms with van der Waals surface area (Å²) in [5, 5.41) is 3.31. The zero-order valence-corrected chi connectivity index (χ0v) is 9.05. The van der Waals surface area contributed by atoms with Crippen molar-refractivity contribution in [3.05, 3.63) is 0 Å². The molecule has 0 bridgehead atoms. The zero-order valence-electron chi connectivity index (χ0n) is 9.05. The smallest absolute Gasteiger partial charge is 0.224 e. The lowest BCUT2D eigenvalue weighted by atomic mass is 10.0. The van der Waals surface area contributed by atoms with Crippen molar-refractivity contribution >= 4 is 5.91 Å². The summed E-state index contributed by atoms with van der Waals surface area (Å²) in [7, 11) is 0. The number of carbonyl (C=O) groups excluding carboxylic acids is 1. The SMILES string of the molecule is CC1CN(C(C)(C)C)C(=O)CCN1. The van der Waals surface area contributed by atoms with Gasteiger partial charge in [-0.15, -0.1) is 0 Å². The molecule has 1 aliphatic heterocycles. The average molecular weight is 184 g/mol. The van der Waals surface area contributed by atoms with Crippen molar-refractivity contribution in [2.75, 3.05) is 13.1 Å². The molecule has 76 valence electrons. The second-order valence-electron chi connectivity index (χ2n) is 4.78. The number of rotatable bonds is 0. The molecular formula is C10H20N2O. The minimum absolute atomic E-state index is 0.0443. The summed E-state index contributed by atoms with van der Waals surface area (Å²) in [4.78, 5) is 13.7. The average Bonchev–Trinajstić information content (AvgIpc) is 2.11. The van der Waals surface area contributed by atoms with Crippen LogP contribution in [0.3, 0.4) is 0 Å². The molecule has 0 radical (unpaired) electrons. The first kappa shape index (κ1) is 10.5. The highest BCUT2D eigenvalue weighted by Crippen LogP contribution is 2.16. The van der Waals surface area contributed by atoms with Crippen LogP contribution in [0.1, 0.15) is 34.1 Å². The highest BCUT2D eigenvalue weighted by molar-refractivity contribution is 5.77. The van der Waals surface area contributed by atoms with Crippen LogP contribution in [0.5, 0.6) is 0 Å². The molecule has 0 aromatic carbocycles. The van der Waals surface area contributed by atoms with Crippen molar-refractivity contribution < 1.29 is 4.79 Å². The highest BCUT2D eigenvalue weighted by atomic mass is 16.2. The molecule has 13 heavy (non-hydrogen) atoms. The van der Waals surface area contributed by atoms with Crippen LogP contribution in [-0.4, -0.2) is 35.5 Å². The quantitative estimate of drug-likeness (QED) is 0.609. The van der Waals surface area contributed by atoms with Gasteiger partial charge >= 0.3 is 0 Å². The van der Waals surface area contributed by atoms with Crippen LogP contribution < -0.4 is 5.32 Å². The van der Waals surface area contributed by atoms with Gasteiger partial charge in [0.1, 0.15) is 0 Å². The van der Waals surface area contributed by atoms with Gasteiger partial charge in [0.15, 0.2) is 0 Å². The van der Waals surface area contributed by atoms with Crippen molar-refractivity contribution in [1.29, 1.82) is 0 Å². The topological polar surface area (TPSA) is 32.3 Å². The molecule has 0 saturated carbocycles. The molecule has 1 rings (SSSR count). The maximum Gasteiger partial charge on any atom is 0.224 e. The maximum absolute atomic E-state index is 11.7. The molecule has 3 nitrogen and oxygen atoms in total. The third-order valence-corrected chi connectivity index (χ3v) is 2.40. The van der Waals surface area contributed by atoms with E-state index in [9.17, 15) is 4.79 Å². The van der Waals surface area contributed by atoms with Crippen LogP contribution in [0.4, 0.5) is 0 Å². The van der Waals surface area contributed by atoms with Crippen LogP contribution in [-0.2, 0) is 4.79 Å².